The molecule has 3 nitrogen and oxygen atoms in total. The standard InChI is InChI=1S/C27H46O.C9H6O2/c1-18(2)7-6-8-19(3)23-11-12-24-22-10-9-20-17-21(28)13-15-26(20,4)25(22)14-16-27(23,24)5;10-9-6-5-7-3-1-2-4-8(7)11-9/h9,18-19,21-25,28H,6-8,10-17H2,1-5H3;1-6H/t19?,21-,22-,23+,24-,25-,26-,27+;/m0./s1. The van der Waals surface area contributed by atoms with E-state index in [9.17, 15) is 9.90 Å². The molecule has 4 aliphatic carbocycles. The summed E-state index contributed by atoms with van der Waals surface area (Å²) in [5, 5.41) is 11.2. The third-order valence-electron chi connectivity index (χ3n) is 11.8. The van der Waals surface area contributed by atoms with Gasteiger partial charge in [0.15, 0.2) is 0 Å². The van der Waals surface area contributed by atoms with Gasteiger partial charge in [0.25, 0.3) is 0 Å². The van der Waals surface area contributed by atoms with Crippen LogP contribution in [0.25, 0.3) is 11.0 Å². The van der Waals surface area contributed by atoms with E-state index >= 15 is 0 Å². The Morgan fingerprint density at radius 2 is 1.74 bits per heavy atom. The maximum absolute atomic E-state index is 10.7. The van der Waals surface area contributed by atoms with Gasteiger partial charge in [-0.2, -0.15) is 0 Å². The number of allylic oxidation sites excluding steroid dienone is 1. The Hall–Kier alpha value is -1.87. The predicted octanol–water partition coefficient (Wildman–Crippen LogP) is 9.18. The molecule has 0 amide bonds. The van der Waals surface area contributed by atoms with Crippen molar-refractivity contribution < 1.29 is 9.52 Å². The van der Waals surface area contributed by atoms with Gasteiger partial charge >= 0.3 is 5.63 Å². The number of hydrogen-bond donors (Lipinski definition) is 1. The molecular weight excluding hydrogens is 480 g/mol. The summed E-state index contributed by atoms with van der Waals surface area (Å²) in [5.41, 5.74) is 2.94. The summed E-state index contributed by atoms with van der Waals surface area (Å²) in [6.45, 7) is 12.6. The van der Waals surface area contributed by atoms with Crippen LogP contribution in [0.1, 0.15) is 105 Å². The summed E-state index contributed by atoms with van der Waals surface area (Å²) in [6.07, 6.45) is 17.2. The largest absolute Gasteiger partial charge is 0.423 e. The van der Waals surface area contributed by atoms with Crippen molar-refractivity contribution in [1.29, 1.82) is 0 Å². The number of rotatable bonds is 5. The monoisotopic (exact) mass is 532 g/mol. The quantitative estimate of drug-likeness (QED) is 0.308. The molecule has 1 heterocycles. The van der Waals surface area contributed by atoms with Crippen LogP contribution in [0.3, 0.4) is 0 Å². The first-order valence-electron chi connectivity index (χ1n) is 16.0. The molecule has 3 saturated carbocycles. The first-order valence-corrected chi connectivity index (χ1v) is 16.0. The number of fused-ring (bicyclic) bond motifs is 6. The molecule has 1 aromatic heterocycles. The van der Waals surface area contributed by atoms with E-state index in [1.165, 1.54) is 63.9 Å². The van der Waals surface area contributed by atoms with Gasteiger partial charge in [0.1, 0.15) is 5.58 Å². The molecule has 3 heteroatoms. The third-order valence-corrected chi connectivity index (χ3v) is 11.8. The molecule has 0 aliphatic heterocycles. The highest BCUT2D eigenvalue weighted by molar-refractivity contribution is 5.75. The second kappa shape index (κ2) is 11.6. The van der Waals surface area contributed by atoms with Gasteiger partial charge in [-0.3, -0.25) is 0 Å². The van der Waals surface area contributed by atoms with Crippen molar-refractivity contribution in [2.24, 2.45) is 46.3 Å². The predicted molar refractivity (Wildman–Crippen MR) is 162 cm³/mol. The molecule has 0 spiro atoms. The maximum Gasteiger partial charge on any atom is 0.336 e. The van der Waals surface area contributed by atoms with Crippen LogP contribution in [-0.4, -0.2) is 11.2 Å². The van der Waals surface area contributed by atoms with Gasteiger partial charge in [-0.1, -0.05) is 83.7 Å². The second-order valence-corrected chi connectivity index (χ2v) is 14.5. The van der Waals surface area contributed by atoms with Gasteiger partial charge in [-0.15, -0.1) is 0 Å². The average molecular weight is 533 g/mol. The lowest BCUT2D eigenvalue weighted by Gasteiger charge is -2.58. The number of para-hydroxylation sites is 1. The Morgan fingerprint density at radius 1 is 0.949 bits per heavy atom. The highest BCUT2D eigenvalue weighted by atomic mass is 16.4. The smallest absolute Gasteiger partial charge is 0.336 e. The van der Waals surface area contributed by atoms with Crippen molar-refractivity contribution in [3.05, 3.63) is 58.5 Å². The Balaban J connectivity index is 0.000000233. The topological polar surface area (TPSA) is 50.4 Å². The summed E-state index contributed by atoms with van der Waals surface area (Å²) >= 11 is 0. The van der Waals surface area contributed by atoms with E-state index in [0.717, 1.165) is 53.7 Å². The fourth-order valence-corrected chi connectivity index (χ4v) is 9.68. The highest BCUT2D eigenvalue weighted by Gasteiger charge is 2.59. The molecule has 3 fully saturated rings. The van der Waals surface area contributed by atoms with Crippen molar-refractivity contribution >= 4 is 11.0 Å². The van der Waals surface area contributed by atoms with E-state index in [2.05, 4.69) is 40.7 Å². The van der Waals surface area contributed by atoms with Gasteiger partial charge in [-0.05, 0) is 110 Å². The minimum Gasteiger partial charge on any atom is -0.423 e. The zero-order chi connectivity index (χ0) is 27.8. The van der Waals surface area contributed by atoms with Gasteiger partial charge in [0, 0.05) is 11.5 Å². The van der Waals surface area contributed by atoms with Crippen molar-refractivity contribution in [2.75, 3.05) is 0 Å². The highest BCUT2D eigenvalue weighted by Crippen LogP contribution is 2.67. The lowest BCUT2D eigenvalue weighted by molar-refractivity contribution is -0.0573. The van der Waals surface area contributed by atoms with Crippen LogP contribution < -0.4 is 5.63 Å². The Morgan fingerprint density at radius 3 is 2.54 bits per heavy atom. The first kappa shape index (κ1) is 28.7. The molecule has 6 rings (SSSR count). The van der Waals surface area contributed by atoms with Gasteiger partial charge < -0.3 is 9.52 Å². The minimum atomic E-state index is -0.302. The number of aliphatic hydroxyl groups is 1. The first-order chi connectivity index (χ1) is 18.6. The Labute approximate surface area is 236 Å². The molecule has 214 valence electrons. The van der Waals surface area contributed by atoms with Crippen LogP contribution >= 0.6 is 0 Å². The Kier molecular flexibility index (Phi) is 8.49. The summed E-state index contributed by atoms with van der Waals surface area (Å²) < 4.78 is 4.91. The summed E-state index contributed by atoms with van der Waals surface area (Å²) in [4.78, 5) is 10.7. The van der Waals surface area contributed by atoms with Gasteiger partial charge in [0.05, 0.1) is 6.10 Å². The lowest BCUT2D eigenvalue weighted by atomic mass is 9.47. The summed E-state index contributed by atoms with van der Waals surface area (Å²) in [5.74, 6) is 5.46. The maximum atomic E-state index is 10.7. The van der Waals surface area contributed by atoms with Crippen LogP contribution in [0.5, 0.6) is 0 Å². The summed E-state index contributed by atoms with van der Waals surface area (Å²) in [7, 11) is 0. The number of aliphatic hydroxyl groups excluding tert-OH is 1. The molecule has 0 radical (unpaired) electrons. The molecule has 2 aromatic rings. The van der Waals surface area contributed by atoms with Crippen molar-refractivity contribution in [2.45, 2.75) is 111 Å². The van der Waals surface area contributed by atoms with Crippen LogP contribution in [0, 0.1) is 46.3 Å². The van der Waals surface area contributed by atoms with E-state index in [-0.39, 0.29) is 11.7 Å². The number of hydrogen-bond acceptors (Lipinski definition) is 3. The van der Waals surface area contributed by atoms with Crippen LogP contribution in [-0.2, 0) is 0 Å². The molecule has 0 saturated heterocycles. The van der Waals surface area contributed by atoms with E-state index in [4.69, 9.17) is 4.42 Å². The average Bonchev–Trinajstić information content (AvgIpc) is 3.26. The third kappa shape index (κ3) is 5.67. The van der Waals surface area contributed by atoms with Crippen molar-refractivity contribution in [3.8, 4) is 0 Å². The van der Waals surface area contributed by atoms with Crippen LogP contribution in [0.4, 0.5) is 0 Å². The van der Waals surface area contributed by atoms with E-state index in [0.29, 0.717) is 16.4 Å². The molecule has 4 aliphatic rings. The Bertz CT molecular complexity index is 1210. The zero-order valence-electron chi connectivity index (χ0n) is 25.1. The van der Waals surface area contributed by atoms with Crippen molar-refractivity contribution in [3.63, 3.8) is 0 Å². The van der Waals surface area contributed by atoms with E-state index in [1.807, 2.05) is 18.2 Å². The molecular formula is C36H52O3. The fraction of sp³-hybridized carbons (Fsp3) is 0.694. The molecule has 1 unspecified atom stereocenters. The number of benzene rings is 1. The zero-order valence-corrected chi connectivity index (χ0v) is 25.1. The van der Waals surface area contributed by atoms with Gasteiger partial charge in [-0.25, -0.2) is 4.79 Å². The minimum absolute atomic E-state index is 0.0766. The van der Waals surface area contributed by atoms with Crippen LogP contribution in [0.15, 0.2) is 57.3 Å². The molecule has 39 heavy (non-hydrogen) atoms. The molecule has 0 bridgehead atoms. The van der Waals surface area contributed by atoms with E-state index < -0.39 is 0 Å². The molecule has 1 N–H and O–H groups in total. The normalized spacial score (nSPS) is 36.3. The van der Waals surface area contributed by atoms with E-state index in [1.54, 1.807) is 17.7 Å². The molecule has 8 atom stereocenters. The van der Waals surface area contributed by atoms with Gasteiger partial charge in [0.2, 0.25) is 0 Å². The fourth-order valence-electron chi connectivity index (χ4n) is 9.68. The summed E-state index contributed by atoms with van der Waals surface area (Å²) in [6, 6.07) is 10.6. The second-order valence-electron chi connectivity index (χ2n) is 14.5. The molecule has 1 aromatic carbocycles. The van der Waals surface area contributed by atoms with Crippen LogP contribution in [0.2, 0.25) is 0 Å². The van der Waals surface area contributed by atoms with Crippen molar-refractivity contribution in [1.82, 2.24) is 0 Å². The SMILES string of the molecule is CC(C)CCCC(C)[C@H]1CC[C@H]2[C@@H]3CC=C4C[C@@H](O)CC[C@]4(C)[C@H]3CC[C@]12C.O=c1ccc2ccccc2o1. The lowest BCUT2D eigenvalue weighted by Crippen LogP contribution is -2.50.